The van der Waals surface area contributed by atoms with E-state index in [1.54, 1.807) is 6.20 Å². The summed E-state index contributed by atoms with van der Waals surface area (Å²) in [6.07, 6.45) is -3.19. The van der Waals surface area contributed by atoms with Gasteiger partial charge >= 0.3 is 6.18 Å². The van der Waals surface area contributed by atoms with Crippen molar-refractivity contribution >= 4 is 16.6 Å². The molecule has 1 saturated heterocycles. The van der Waals surface area contributed by atoms with Crippen molar-refractivity contribution in [2.45, 2.75) is 12.3 Å². The quantitative estimate of drug-likeness (QED) is 0.643. The van der Waals surface area contributed by atoms with Crippen LogP contribution in [-0.4, -0.2) is 24.7 Å². The molecule has 0 amide bonds. The van der Waals surface area contributed by atoms with Crippen LogP contribution >= 0.6 is 0 Å². The predicted molar refractivity (Wildman–Crippen MR) is 98.8 cm³/mol. The number of halogens is 3. The Bertz CT molecular complexity index is 1040. The highest BCUT2D eigenvalue weighted by Gasteiger charge is 2.31. The molecular formula is C21H16F3N3O. The van der Waals surface area contributed by atoms with Crippen LogP contribution < -0.4 is 4.90 Å². The van der Waals surface area contributed by atoms with Crippen molar-refractivity contribution in [3.63, 3.8) is 0 Å². The van der Waals surface area contributed by atoms with E-state index in [0.717, 1.165) is 28.7 Å². The van der Waals surface area contributed by atoms with Crippen LogP contribution in [0.5, 0.6) is 0 Å². The second-order valence-electron chi connectivity index (χ2n) is 6.57. The van der Waals surface area contributed by atoms with Gasteiger partial charge in [-0.3, -0.25) is 4.98 Å². The molecule has 0 aliphatic carbocycles. The molecule has 142 valence electrons. The van der Waals surface area contributed by atoms with Crippen LogP contribution in [0.15, 0.2) is 54.7 Å². The number of pyridine rings is 1. The molecule has 3 aromatic rings. The number of nitriles is 1. The number of alkyl halides is 3. The Morgan fingerprint density at radius 3 is 2.57 bits per heavy atom. The minimum atomic E-state index is -4.37. The molecule has 0 radical (unpaired) electrons. The van der Waals surface area contributed by atoms with E-state index < -0.39 is 11.7 Å². The van der Waals surface area contributed by atoms with Gasteiger partial charge in [0.25, 0.3) is 0 Å². The summed E-state index contributed by atoms with van der Waals surface area (Å²) in [4.78, 5) is 6.38. The maximum atomic E-state index is 12.8. The number of benzene rings is 2. The van der Waals surface area contributed by atoms with E-state index in [1.807, 2.05) is 24.3 Å². The van der Waals surface area contributed by atoms with Gasteiger partial charge in [-0.1, -0.05) is 30.3 Å². The molecule has 4 rings (SSSR count). The molecule has 1 unspecified atom stereocenters. The van der Waals surface area contributed by atoms with Gasteiger partial charge in [-0.15, -0.1) is 0 Å². The van der Waals surface area contributed by atoms with E-state index in [-0.39, 0.29) is 6.10 Å². The van der Waals surface area contributed by atoms with E-state index in [2.05, 4.69) is 16.0 Å². The molecule has 0 spiro atoms. The average molecular weight is 383 g/mol. The summed E-state index contributed by atoms with van der Waals surface area (Å²) in [7, 11) is 0. The first-order chi connectivity index (χ1) is 13.5. The smallest absolute Gasteiger partial charge is 0.370 e. The Balaban J connectivity index is 1.67. The summed E-state index contributed by atoms with van der Waals surface area (Å²) in [6, 6.07) is 14.8. The molecule has 1 aromatic heterocycles. The highest BCUT2D eigenvalue weighted by Crippen LogP contribution is 2.34. The molecule has 0 bridgehead atoms. The highest BCUT2D eigenvalue weighted by atomic mass is 19.4. The molecule has 1 aliphatic rings. The molecular weight excluding hydrogens is 367 g/mol. The number of aromatic nitrogens is 1. The summed E-state index contributed by atoms with van der Waals surface area (Å²) >= 11 is 0. The molecule has 2 aromatic carbocycles. The Morgan fingerprint density at radius 1 is 1.11 bits per heavy atom. The van der Waals surface area contributed by atoms with Crippen molar-refractivity contribution in [1.29, 1.82) is 5.26 Å². The highest BCUT2D eigenvalue weighted by molar-refractivity contribution is 5.94. The van der Waals surface area contributed by atoms with E-state index in [0.29, 0.717) is 30.8 Å². The van der Waals surface area contributed by atoms with Crippen LogP contribution in [-0.2, 0) is 10.9 Å². The standard InChI is InChI=1S/C21H16F3N3O/c22-21(23,24)16-7-5-14(6-8-16)19-13-27(9-10-28-19)20-15(11-25)12-26-18-4-2-1-3-17(18)20/h1-8,12,19H,9-10,13H2. The molecule has 0 N–H and O–H groups in total. The summed E-state index contributed by atoms with van der Waals surface area (Å²) in [5.74, 6) is 0. The minimum Gasteiger partial charge on any atom is -0.370 e. The zero-order valence-corrected chi connectivity index (χ0v) is 14.8. The number of nitrogens with zero attached hydrogens (tertiary/aromatic N) is 3. The normalized spacial score (nSPS) is 17.5. The van der Waals surface area contributed by atoms with Gasteiger partial charge in [0.2, 0.25) is 0 Å². The van der Waals surface area contributed by atoms with Crippen LogP contribution in [0.1, 0.15) is 22.8 Å². The molecule has 7 heteroatoms. The summed E-state index contributed by atoms with van der Waals surface area (Å²) < 4.78 is 44.2. The fourth-order valence-electron chi connectivity index (χ4n) is 3.49. The topological polar surface area (TPSA) is 49.2 Å². The minimum absolute atomic E-state index is 0.380. The number of hydrogen-bond donors (Lipinski definition) is 0. The Labute approximate surface area is 159 Å². The third-order valence-electron chi connectivity index (χ3n) is 4.86. The summed E-state index contributed by atoms with van der Waals surface area (Å²) in [6.45, 7) is 1.43. The lowest BCUT2D eigenvalue weighted by Crippen LogP contribution is -2.39. The van der Waals surface area contributed by atoms with Crippen molar-refractivity contribution in [3.8, 4) is 6.07 Å². The molecule has 1 aliphatic heterocycles. The fraction of sp³-hybridized carbons (Fsp3) is 0.238. The van der Waals surface area contributed by atoms with Crippen molar-refractivity contribution in [1.82, 2.24) is 4.98 Å². The first-order valence-electron chi connectivity index (χ1n) is 8.79. The first kappa shape index (κ1) is 18.3. The largest absolute Gasteiger partial charge is 0.416 e. The summed E-state index contributed by atoms with van der Waals surface area (Å²) in [5, 5.41) is 10.4. The number of hydrogen-bond acceptors (Lipinski definition) is 4. The van der Waals surface area contributed by atoms with Gasteiger partial charge in [-0.2, -0.15) is 18.4 Å². The Kier molecular flexibility index (Phi) is 4.65. The average Bonchev–Trinajstić information content (AvgIpc) is 2.72. The van der Waals surface area contributed by atoms with E-state index >= 15 is 0 Å². The third-order valence-corrected chi connectivity index (χ3v) is 4.86. The first-order valence-corrected chi connectivity index (χ1v) is 8.79. The van der Waals surface area contributed by atoms with E-state index in [1.165, 1.54) is 12.1 Å². The van der Waals surface area contributed by atoms with Crippen molar-refractivity contribution < 1.29 is 17.9 Å². The predicted octanol–water partition coefficient (Wildman–Crippen LogP) is 4.70. The van der Waals surface area contributed by atoms with Crippen molar-refractivity contribution in [2.75, 3.05) is 24.6 Å². The second-order valence-corrected chi connectivity index (χ2v) is 6.57. The van der Waals surface area contributed by atoms with Crippen LogP contribution in [0.3, 0.4) is 0 Å². The van der Waals surface area contributed by atoms with Gasteiger partial charge in [0, 0.05) is 24.7 Å². The van der Waals surface area contributed by atoms with Gasteiger partial charge in [0.05, 0.1) is 28.9 Å². The zero-order chi connectivity index (χ0) is 19.7. The van der Waals surface area contributed by atoms with E-state index in [4.69, 9.17) is 4.74 Å². The number of fused-ring (bicyclic) bond motifs is 1. The third kappa shape index (κ3) is 3.39. The molecule has 2 heterocycles. The number of morpholine rings is 1. The summed E-state index contributed by atoms with van der Waals surface area (Å²) in [5.41, 5.74) is 2.03. The molecule has 28 heavy (non-hydrogen) atoms. The van der Waals surface area contributed by atoms with Gasteiger partial charge in [-0.05, 0) is 23.8 Å². The van der Waals surface area contributed by atoms with Crippen LogP contribution in [0.2, 0.25) is 0 Å². The Morgan fingerprint density at radius 2 is 1.86 bits per heavy atom. The number of rotatable bonds is 2. The monoisotopic (exact) mass is 383 g/mol. The zero-order valence-electron chi connectivity index (χ0n) is 14.8. The van der Waals surface area contributed by atoms with Gasteiger partial charge in [-0.25, -0.2) is 0 Å². The number of ether oxygens (including phenoxy) is 1. The van der Waals surface area contributed by atoms with Gasteiger partial charge in [0.1, 0.15) is 12.2 Å². The fourth-order valence-corrected chi connectivity index (χ4v) is 3.49. The van der Waals surface area contributed by atoms with Crippen LogP contribution in [0.4, 0.5) is 18.9 Å². The van der Waals surface area contributed by atoms with Gasteiger partial charge in [0.15, 0.2) is 0 Å². The Hall–Kier alpha value is -3.11. The SMILES string of the molecule is N#Cc1cnc2ccccc2c1N1CCOC(c2ccc(C(F)(F)F)cc2)C1. The molecule has 4 nitrogen and oxygen atoms in total. The van der Waals surface area contributed by atoms with Gasteiger partial charge < -0.3 is 9.64 Å². The lowest BCUT2D eigenvalue weighted by atomic mass is 10.0. The number of anilines is 1. The lowest BCUT2D eigenvalue weighted by Gasteiger charge is -2.35. The maximum Gasteiger partial charge on any atom is 0.416 e. The van der Waals surface area contributed by atoms with Crippen LogP contribution in [0.25, 0.3) is 10.9 Å². The number of para-hydroxylation sites is 1. The molecule has 1 fully saturated rings. The molecule has 0 saturated carbocycles. The van der Waals surface area contributed by atoms with Crippen molar-refractivity contribution in [2.24, 2.45) is 0 Å². The maximum absolute atomic E-state index is 12.8. The van der Waals surface area contributed by atoms with Crippen molar-refractivity contribution in [3.05, 3.63) is 71.4 Å². The lowest BCUT2D eigenvalue weighted by molar-refractivity contribution is -0.137. The molecule has 1 atom stereocenters. The second kappa shape index (κ2) is 7.13. The van der Waals surface area contributed by atoms with Crippen LogP contribution in [0, 0.1) is 11.3 Å². The van der Waals surface area contributed by atoms with E-state index in [9.17, 15) is 18.4 Å².